The van der Waals surface area contributed by atoms with Crippen LogP contribution in [0.1, 0.15) is 50.4 Å². The van der Waals surface area contributed by atoms with E-state index < -0.39 is 16.0 Å². The van der Waals surface area contributed by atoms with E-state index in [2.05, 4.69) is 10.0 Å². The van der Waals surface area contributed by atoms with Crippen molar-refractivity contribution in [3.63, 3.8) is 0 Å². The van der Waals surface area contributed by atoms with E-state index in [1.165, 1.54) is 18.2 Å². The second-order valence-electron chi connectivity index (χ2n) is 5.23. The number of benzene rings is 1. The van der Waals surface area contributed by atoms with E-state index in [1.54, 1.807) is 6.92 Å². The highest BCUT2D eigenvalue weighted by Gasteiger charge is 2.22. The highest BCUT2D eigenvalue weighted by molar-refractivity contribution is 7.89. The Kier molecular flexibility index (Phi) is 6.83. The first kappa shape index (κ1) is 18.4. The Bertz CT molecular complexity index is 614. The Morgan fingerprint density at radius 1 is 1.32 bits per heavy atom. The molecule has 22 heavy (non-hydrogen) atoms. The van der Waals surface area contributed by atoms with Gasteiger partial charge < -0.3 is 10.4 Å². The molecular formula is C15H24N2O4S. The van der Waals surface area contributed by atoms with Gasteiger partial charge in [0.05, 0.1) is 11.3 Å². The van der Waals surface area contributed by atoms with E-state index in [0.29, 0.717) is 18.7 Å². The number of anilines is 1. The Hall–Kier alpha value is -1.60. The largest absolute Gasteiger partial charge is 0.478 e. The molecule has 0 amide bonds. The van der Waals surface area contributed by atoms with Gasteiger partial charge in [-0.1, -0.05) is 20.3 Å². The quantitative estimate of drug-likeness (QED) is 0.606. The summed E-state index contributed by atoms with van der Waals surface area (Å²) in [6.45, 7) is 6.32. The minimum atomic E-state index is -3.77. The van der Waals surface area contributed by atoms with Crippen molar-refractivity contribution in [2.45, 2.75) is 51.0 Å². The Labute approximate surface area is 132 Å². The van der Waals surface area contributed by atoms with Crippen LogP contribution in [0.4, 0.5) is 5.69 Å². The van der Waals surface area contributed by atoms with Gasteiger partial charge in [0.15, 0.2) is 0 Å². The van der Waals surface area contributed by atoms with Crippen molar-refractivity contribution in [3.8, 4) is 0 Å². The van der Waals surface area contributed by atoms with E-state index in [0.717, 1.165) is 12.8 Å². The Balaban J connectivity index is 3.21. The van der Waals surface area contributed by atoms with E-state index in [9.17, 15) is 13.2 Å². The standard InChI is InChI=1S/C15H24N2O4S/c1-4-6-9-16-13-8-7-12(15(18)19)10-14(13)22(20,21)17-11(3)5-2/h7-8,10-11,16-17H,4-6,9H2,1-3H3,(H,18,19)/t11-/m0/s1. The predicted molar refractivity (Wildman–Crippen MR) is 86.9 cm³/mol. The summed E-state index contributed by atoms with van der Waals surface area (Å²) in [6.07, 6.45) is 2.53. The van der Waals surface area contributed by atoms with Crippen LogP contribution < -0.4 is 10.0 Å². The van der Waals surface area contributed by atoms with Gasteiger partial charge in [0.2, 0.25) is 10.0 Å². The predicted octanol–water partition coefficient (Wildman–Crippen LogP) is 2.67. The summed E-state index contributed by atoms with van der Waals surface area (Å²) in [7, 11) is -3.77. The molecule has 3 N–H and O–H groups in total. The number of sulfonamides is 1. The third kappa shape index (κ3) is 4.99. The first-order valence-electron chi connectivity index (χ1n) is 7.45. The second kappa shape index (κ2) is 8.14. The maximum atomic E-state index is 12.5. The number of aromatic carboxylic acids is 1. The molecule has 0 radical (unpaired) electrons. The summed E-state index contributed by atoms with van der Waals surface area (Å²) in [6, 6.07) is 3.88. The van der Waals surface area contributed by atoms with Gasteiger partial charge in [0.25, 0.3) is 0 Å². The van der Waals surface area contributed by atoms with Crippen LogP contribution in [0.25, 0.3) is 0 Å². The lowest BCUT2D eigenvalue weighted by molar-refractivity contribution is 0.0696. The number of rotatable bonds is 9. The Morgan fingerprint density at radius 3 is 2.55 bits per heavy atom. The molecule has 0 saturated heterocycles. The molecule has 7 heteroatoms. The third-order valence-electron chi connectivity index (χ3n) is 3.33. The first-order chi connectivity index (χ1) is 10.3. The van der Waals surface area contributed by atoms with Gasteiger partial charge in [0.1, 0.15) is 4.90 Å². The number of hydrogen-bond donors (Lipinski definition) is 3. The van der Waals surface area contributed by atoms with Crippen LogP contribution in [0.5, 0.6) is 0 Å². The van der Waals surface area contributed by atoms with Crippen molar-refractivity contribution >= 4 is 21.7 Å². The molecule has 0 aromatic heterocycles. The molecule has 0 heterocycles. The molecule has 0 aliphatic carbocycles. The number of carbonyl (C=O) groups is 1. The van der Waals surface area contributed by atoms with Crippen LogP contribution in [-0.2, 0) is 10.0 Å². The molecule has 0 fully saturated rings. The minimum Gasteiger partial charge on any atom is -0.478 e. The summed E-state index contributed by atoms with van der Waals surface area (Å²) in [5.74, 6) is -1.15. The Morgan fingerprint density at radius 2 is 2.00 bits per heavy atom. The second-order valence-corrected chi connectivity index (χ2v) is 6.91. The SMILES string of the molecule is CCCCNc1ccc(C(=O)O)cc1S(=O)(=O)N[C@@H](C)CC. The monoisotopic (exact) mass is 328 g/mol. The molecule has 0 bridgehead atoms. The van der Waals surface area contributed by atoms with Crippen molar-refractivity contribution in [3.05, 3.63) is 23.8 Å². The number of nitrogens with one attached hydrogen (secondary N) is 2. The zero-order valence-corrected chi connectivity index (χ0v) is 14.0. The van der Waals surface area contributed by atoms with Gasteiger partial charge in [-0.3, -0.25) is 0 Å². The lowest BCUT2D eigenvalue weighted by Gasteiger charge is -2.16. The van der Waals surface area contributed by atoms with Crippen molar-refractivity contribution < 1.29 is 18.3 Å². The fourth-order valence-corrected chi connectivity index (χ4v) is 3.37. The van der Waals surface area contributed by atoms with Gasteiger partial charge in [0, 0.05) is 12.6 Å². The summed E-state index contributed by atoms with van der Waals surface area (Å²) in [5, 5.41) is 12.1. The fraction of sp³-hybridized carbons (Fsp3) is 0.533. The minimum absolute atomic E-state index is 0.0243. The smallest absolute Gasteiger partial charge is 0.335 e. The molecule has 1 atom stereocenters. The fourth-order valence-electron chi connectivity index (χ4n) is 1.84. The summed E-state index contributed by atoms with van der Waals surface area (Å²) < 4.78 is 27.5. The van der Waals surface area contributed by atoms with Crippen LogP contribution in [0.3, 0.4) is 0 Å². The van der Waals surface area contributed by atoms with Crippen molar-refractivity contribution in [1.82, 2.24) is 4.72 Å². The highest BCUT2D eigenvalue weighted by atomic mass is 32.2. The van der Waals surface area contributed by atoms with Crippen LogP contribution in [-0.4, -0.2) is 32.1 Å². The third-order valence-corrected chi connectivity index (χ3v) is 4.96. The van der Waals surface area contributed by atoms with E-state index in [4.69, 9.17) is 5.11 Å². The van der Waals surface area contributed by atoms with E-state index in [-0.39, 0.29) is 16.5 Å². The van der Waals surface area contributed by atoms with Gasteiger partial charge in [-0.05, 0) is 38.0 Å². The molecule has 1 aromatic rings. The van der Waals surface area contributed by atoms with Gasteiger partial charge in [-0.15, -0.1) is 0 Å². The number of carboxylic acid groups (broad SMARTS) is 1. The van der Waals surface area contributed by atoms with Gasteiger partial charge >= 0.3 is 5.97 Å². The maximum Gasteiger partial charge on any atom is 0.335 e. The van der Waals surface area contributed by atoms with Gasteiger partial charge in [-0.2, -0.15) is 0 Å². The normalized spacial score (nSPS) is 12.9. The molecule has 6 nitrogen and oxygen atoms in total. The molecule has 0 aliphatic rings. The lowest BCUT2D eigenvalue weighted by Crippen LogP contribution is -2.32. The van der Waals surface area contributed by atoms with Gasteiger partial charge in [-0.25, -0.2) is 17.9 Å². The van der Waals surface area contributed by atoms with Crippen molar-refractivity contribution in [2.75, 3.05) is 11.9 Å². The first-order valence-corrected chi connectivity index (χ1v) is 8.93. The number of unbranched alkanes of at least 4 members (excludes halogenated alkanes) is 1. The number of hydrogen-bond acceptors (Lipinski definition) is 4. The van der Waals surface area contributed by atoms with Crippen molar-refractivity contribution in [2.24, 2.45) is 0 Å². The molecule has 0 aliphatic heterocycles. The number of carboxylic acids is 1. The highest BCUT2D eigenvalue weighted by Crippen LogP contribution is 2.23. The molecule has 124 valence electrons. The van der Waals surface area contributed by atoms with Crippen LogP contribution >= 0.6 is 0 Å². The van der Waals surface area contributed by atoms with Crippen LogP contribution in [0, 0.1) is 0 Å². The van der Waals surface area contributed by atoms with E-state index in [1.807, 2.05) is 13.8 Å². The molecular weight excluding hydrogens is 304 g/mol. The molecule has 0 unspecified atom stereocenters. The summed E-state index contributed by atoms with van der Waals surface area (Å²) in [4.78, 5) is 11.1. The molecule has 1 aromatic carbocycles. The molecule has 0 saturated carbocycles. The average Bonchev–Trinajstić information content (AvgIpc) is 2.46. The zero-order valence-electron chi connectivity index (χ0n) is 13.2. The van der Waals surface area contributed by atoms with E-state index >= 15 is 0 Å². The molecule has 0 spiro atoms. The summed E-state index contributed by atoms with van der Waals surface area (Å²) in [5.41, 5.74) is 0.375. The van der Waals surface area contributed by atoms with Crippen molar-refractivity contribution in [1.29, 1.82) is 0 Å². The topological polar surface area (TPSA) is 95.5 Å². The summed E-state index contributed by atoms with van der Waals surface area (Å²) >= 11 is 0. The molecule has 1 rings (SSSR count). The van der Waals surface area contributed by atoms with Crippen LogP contribution in [0.2, 0.25) is 0 Å². The average molecular weight is 328 g/mol. The lowest BCUT2D eigenvalue weighted by atomic mass is 10.2. The maximum absolute atomic E-state index is 12.5. The van der Waals surface area contributed by atoms with Crippen LogP contribution in [0.15, 0.2) is 23.1 Å². The zero-order chi connectivity index (χ0) is 16.8.